The van der Waals surface area contributed by atoms with Gasteiger partial charge in [0.05, 0.1) is 31.2 Å². The number of carbonyl (C=O) groups excluding carboxylic acids is 1. The van der Waals surface area contributed by atoms with Crippen molar-refractivity contribution in [1.82, 2.24) is 0 Å². The molecule has 0 atom stereocenters. The molecule has 0 radical (unpaired) electrons. The van der Waals surface area contributed by atoms with Crippen molar-refractivity contribution in [3.05, 3.63) is 92.0 Å². The maximum atomic E-state index is 13.4. The van der Waals surface area contributed by atoms with Gasteiger partial charge >= 0.3 is 0 Å². The molecule has 0 saturated carbocycles. The van der Waals surface area contributed by atoms with E-state index in [1.165, 1.54) is 48.5 Å². The summed E-state index contributed by atoms with van der Waals surface area (Å²) in [5.41, 5.74) is 1.58. The number of hydrogen-bond donors (Lipinski definition) is 1. The van der Waals surface area contributed by atoms with Crippen LogP contribution in [0.2, 0.25) is 10.0 Å². The highest BCUT2D eigenvalue weighted by atomic mass is 35.5. The predicted octanol–water partition coefficient (Wildman–Crippen LogP) is 5.35. The molecule has 0 unspecified atom stereocenters. The number of halogens is 2. The van der Waals surface area contributed by atoms with Gasteiger partial charge < -0.3 is 5.32 Å². The van der Waals surface area contributed by atoms with Crippen LogP contribution in [0.5, 0.6) is 0 Å². The van der Waals surface area contributed by atoms with Crippen LogP contribution in [-0.2, 0) is 14.8 Å². The molecule has 0 aliphatic carbocycles. The van der Waals surface area contributed by atoms with E-state index < -0.39 is 27.4 Å². The molecule has 1 N–H and O–H groups in total. The average molecular weight is 508 g/mol. The Morgan fingerprint density at radius 1 is 1.00 bits per heavy atom. The van der Waals surface area contributed by atoms with Crippen LogP contribution < -0.4 is 9.62 Å². The number of benzene rings is 3. The number of aryl methyl sites for hydroxylation is 2. The Balaban J connectivity index is 1.99. The normalized spacial score (nSPS) is 11.2. The quantitative estimate of drug-likeness (QED) is 0.342. The smallest absolute Gasteiger partial charge is 0.271 e. The van der Waals surface area contributed by atoms with Crippen LogP contribution in [0.25, 0.3) is 0 Å². The van der Waals surface area contributed by atoms with Crippen LogP contribution in [0.3, 0.4) is 0 Å². The highest BCUT2D eigenvalue weighted by Crippen LogP contribution is 2.31. The van der Waals surface area contributed by atoms with Crippen LogP contribution in [0, 0.1) is 24.0 Å². The molecule has 0 saturated heterocycles. The van der Waals surface area contributed by atoms with E-state index in [0.717, 1.165) is 9.87 Å². The van der Waals surface area contributed by atoms with Crippen molar-refractivity contribution >= 4 is 56.2 Å². The predicted molar refractivity (Wildman–Crippen MR) is 129 cm³/mol. The van der Waals surface area contributed by atoms with Crippen LogP contribution in [0.15, 0.2) is 65.6 Å². The molecule has 3 aromatic rings. The summed E-state index contributed by atoms with van der Waals surface area (Å²) >= 11 is 12.1. The summed E-state index contributed by atoms with van der Waals surface area (Å²) in [6.07, 6.45) is 0. The summed E-state index contributed by atoms with van der Waals surface area (Å²) in [6.45, 7) is 2.89. The van der Waals surface area contributed by atoms with E-state index in [-0.39, 0.29) is 32.0 Å². The van der Waals surface area contributed by atoms with Crippen molar-refractivity contribution in [3.8, 4) is 0 Å². The highest BCUT2D eigenvalue weighted by Gasteiger charge is 2.28. The third kappa shape index (κ3) is 5.62. The molecule has 0 aliphatic heterocycles. The van der Waals surface area contributed by atoms with Gasteiger partial charge in [-0.25, -0.2) is 8.42 Å². The molecule has 33 heavy (non-hydrogen) atoms. The number of nitro groups is 1. The number of nitro benzene ring substituents is 1. The van der Waals surface area contributed by atoms with Crippen molar-refractivity contribution in [2.24, 2.45) is 0 Å². The largest absolute Gasteiger partial charge is 0.324 e. The monoisotopic (exact) mass is 507 g/mol. The van der Waals surface area contributed by atoms with E-state index in [1.807, 2.05) is 6.92 Å². The summed E-state index contributed by atoms with van der Waals surface area (Å²) < 4.78 is 27.7. The van der Waals surface area contributed by atoms with E-state index in [9.17, 15) is 23.3 Å². The van der Waals surface area contributed by atoms with Crippen molar-refractivity contribution < 1.29 is 18.1 Å². The Morgan fingerprint density at radius 2 is 1.67 bits per heavy atom. The lowest BCUT2D eigenvalue weighted by Crippen LogP contribution is -2.38. The van der Waals surface area contributed by atoms with Crippen LogP contribution >= 0.6 is 23.2 Å². The molecule has 8 nitrogen and oxygen atoms in total. The molecule has 0 aliphatic rings. The standard InChI is InChI=1S/C22H19Cl2N3O5S/c1-14-3-8-18(9-4-14)33(31,32)26(16-7-10-19(23)20(24)11-16)13-22(28)25-21-12-17(27(29)30)6-5-15(21)2/h3-12H,13H2,1-2H3,(H,25,28). The summed E-state index contributed by atoms with van der Waals surface area (Å²) in [5.74, 6) is -0.694. The number of nitrogens with one attached hydrogen (secondary N) is 1. The summed E-state index contributed by atoms with van der Waals surface area (Å²) in [6, 6.07) is 14.4. The maximum Gasteiger partial charge on any atom is 0.271 e. The number of sulfonamides is 1. The molecule has 0 fully saturated rings. The molecule has 0 heterocycles. The third-order valence-corrected chi connectivity index (χ3v) is 7.32. The second kappa shape index (κ2) is 9.78. The van der Waals surface area contributed by atoms with E-state index in [2.05, 4.69) is 5.32 Å². The first-order chi connectivity index (χ1) is 15.5. The number of hydrogen-bond acceptors (Lipinski definition) is 5. The van der Waals surface area contributed by atoms with Gasteiger partial charge in [0.1, 0.15) is 6.54 Å². The molecule has 0 bridgehead atoms. The van der Waals surface area contributed by atoms with Crippen molar-refractivity contribution in [2.75, 3.05) is 16.2 Å². The maximum absolute atomic E-state index is 13.4. The zero-order chi connectivity index (χ0) is 24.3. The highest BCUT2D eigenvalue weighted by molar-refractivity contribution is 7.92. The fourth-order valence-corrected chi connectivity index (χ4v) is 4.68. The van der Waals surface area contributed by atoms with E-state index in [1.54, 1.807) is 19.1 Å². The van der Waals surface area contributed by atoms with E-state index in [4.69, 9.17) is 23.2 Å². The number of anilines is 2. The van der Waals surface area contributed by atoms with Crippen LogP contribution in [0.4, 0.5) is 17.1 Å². The Morgan fingerprint density at radius 3 is 2.27 bits per heavy atom. The second-order valence-corrected chi connectivity index (χ2v) is 9.90. The molecule has 1 amide bonds. The molecule has 11 heteroatoms. The zero-order valence-corrected chi connectivity index (χ0v) is 19.9. The van der Waals surface area contributed by atoms with Crippen LogP contribution in [0.1, 0.15) is 11.1 Å². The van der Waals surface area contributed by atoms with Gasteiger partial charge in [-0.3, -0.25) is 19.2 Å². The van der Waals surface area contributed by atoms with Gasteiger partial charge in [0, 0.05) is 12.1 Å². The summed E-state index contributed by atoms with van der Waals surface area (Å²) in [4.78, 5) is 23.3. The number of nitrogens with zero attached hydrogens (tertiary/aromatic N) is 2. The Bertz CT molecular complexity index is 1330. The number of amides is 1. The number of rotatable bonds is 7. The molecule has 3 rings (SSSR count). The SMILES string of the molecule is Cc1ccc(S(=O)(=O)N(CC(=O)Nc2cc([N+](=O)[O-])ccc2C)c2ccc(Cl)c(Cl)c2)cc1. The molecule has 3 aromatic carbocycles. The van der Waals surface area contributed by atoms with E-state index in [0.29, 0.717) is 5.56 Å². The zero-order valence-electron chi connectivity index (χ0n) is 17.6. The molecule has 0 aromatic heterocycles. The first kappa shape index (κ1) is 24.5. The number of non-ortho nitro benzene ring substituents is 1. The van der Waals surface area contributed by atoms with Gasteiger partial charge in [0.15, 0.2) is 0 Å². The third-order valence-electron chi connectivity index (χ3n) is 4.79. The van der Waals surface area contributed by atoms with Crippen LogP contribution in [-0.4, -0.2) is 25.8 Å². The summed E-state index contributed by atoms with van der Waals surface area (Å²) in [5, 5.41) is 14.0. The molecular formula is C22H19Cl2N3O5S. The minimum atomic E-state index is -4.16. The lowest BCUT2D eigenvalue weighted by Gasteiger charge is -2.24. The first-order valence-electron chi connectivity index (χ1n) is 9.58. The first-order valence-corrected chi connectivity index (χ1v) is 11.8. The van der Waals surface area contributed by atoms with Crippen molar-refractivity contribution in [2.45, 2.75) is 18.7 Å². The van der Waals surface area contributed by atoms with Gasteiger partial charge in [0.2, 0.25) is 5.91 Å². The van der Waals surface area contributed by atoms with Gasteiger partial charge in [0.25, 0.3) is 15.7 Å². The molecular weight excluding hydrogens is 489 g/mol. The minimum Gasteiger partial charge on any atom is -0.324 e. The average Bonchev–Trinajstić information content (AvgIpc) is 2.75. The Hall–Kier alpha value is -3.14. The van der Waals surface area contributed by atoms with Gasteiger partial charge in [-0.1, -0.05) is 47.0 Å². The topological polar surface area (TPSA) is 110 Å². The Labute approximate surface area is 200 Å². The van der Waals surface area contributed by atoms with Gasteiger partial charge in [-0.05, 0) is 49.7 Å². The van der Waals surface area contributed by atoms with E-state index >= 15 is 0 Å². The minimum absolute atomic E-state index is 0.0153. The fourth-order valence-electron chi connectivity index (χ4n) is 2.97. The summed E-state index contributed by atoms with van der Waals surface area (Å²) in [7, 11) is -4.16. The van der Waals surface area contributed by atoms with Gasteiger partial charge in [-0.2, -0.15) is 0 Å². The molecule has 172 valence electrons. The lowest BCUT2D eigenvalue weighted by atomic mass is 10.2. The Kier molecular flexibility index (Phi) is 7.26. The number of carbonyl (C=O) groups is 1. The second-order valence-electron chi connectivity index (χ2n) is 7.23. The lowest BCUT2D eigenvalue weighted by molar-refractivity contribution is -0.384. The fraction of sp³-hybridized carbons (Fsp3) is 0.136. The van der Waals surface area contributed by atoms with Gasteiger partial charge in [-0.15, -0.1) is 0 Å². The molecule has 0 spiro atoms. The van der Waals surface area contributed by atoms with Crippen molar-refractivity contribution in [3.63, 3.8) is 0 Å². The van der Waals surface area contributed by atoms with Crippen molar-refractivity contribution in [1.29, 1.82) is 0 Å².